The molecule has 0 unspecified atom stereocenters. The number of unbranched alkanes of at least 4 members (excludes halogenated alkanes) is 2. The van der Waals surface area contributed by atoms with E-state index in [9.17, 15) is 9.59 Å². The van der Waals surface area contributed by atoms with E-state index >= 15 is 0 Å². The van der Waals surface area contributed by atoms with Crippen molar-refractivity contribution in [2.45, 2.75) is 63.5 Å². The van der Waals surface area contributed by atoms with Crippen molar-refractivity contribution in [1.82, 2.24) is 4.90 Å². The third-order valence-electron chi connectivity index (χ3n) is 7.63. The Bertz CT molecular complexity index is 1250. The molecular weight excluding hydrogens is 534 g/mol. The summed E-state index contributed by atoms with van der Waals surface area (Å²) in [6.45, 7) is 2.28. The molecular formula is C34H39NO7. The van der Waals surface area contributed by atoms with Crippen molar-refractivity contribution in [3.63, 3.8) is 0 Å². The van der Waals surface area contributed by atoms with Crippen LogP contribution in [-0.2, 0) is 36.9 Å². The summed E-state index contributed by atoms with van der Waals surface area (Å²) in [5.74, 6) is -0.409. The van der Waals surface area contributed by atoms with E-state index < -0.39 is 12.4 Å². The van der Waals surface area contributed by atoms with Crippen LogP contribution in [0.15, 0.2) is 84.9 Å². The Morgan fingerprint density at radius 3 is 1.98 bits per heavy atom. The molecule has 1 saturated heterocycles. The van der Waals surface area contributed by atoms with Crippen LogP contribution in [0.1, 0.15) is 57.5 Å². The monoisotopic (exact) mass is 573 g/mol. The smallest absolute Gasteiger partial charge is 0.261 e. The number of methoxy groups -OCH3 is 1. The first-order valence-corrected chi connectivity index (χ1v) is 14.7. The molecule has 1 fully saturated rings. The fourth-order valence-corrected chi connectivity index (χ4v) is 5.39. The maximum atomic E-state index is 12.5. The molecule has 0 bridgehead atoms. The second-order valence-corrected chi connectivity index (χ2v) is 10.6. The predicted molar refractivity (Wildman–Crippen MR) is 157 cm³/mol. The zero-order chi connectivity index (χ0) is 29.1. The molecule has 42 heavy (non-hydrogen) atoms. The fraction of sp³-hybridized carbons (Fsp3) is 0.412. The number of carbonyl (C=O) groups excluding carboxylic acids is 2. The third-order valence-corrected chi connectivity index (χ3v) is 7.63. The third kappa shape index (κ3) is 7.70. The molecule has 0 spiro atoms. The lowest BCUT2D eigenvalue weighted by atomic mass is 10.0. The van der Waals surface area contributed by atoms with Crippen molar-refractivity contribution in [2.75, 3.05) is 26.9 Å². The molecule has 0 saturated carbocycles. The van der Waals surface area contributed by atoms with Crippen molar-refractivity contribution >= 4 is 11.8 Å². The van der Waals surface area contributed by atoms with Gasteiger partial charge in [-0.1, -0.05) is 72.8 Å². The average Bonchev–Trinajstić information content (AvgIpc) is 3.28. The second-order valence-electron chi connectivity index (χ2n) is 10.6. The molecule has 5 rings (SSSR count). The molecule has 2 heterocycles. The summed E-state index contributed by atoms with van der Waals surface area (Å²) >= 11 is 0. The molecule has 222 valence electrons. The highest BCUT2D eigenvalue weighted by molar-refractivity contribution is 6.21. The zero-order valence-electron chi connectivity index (χ0n) is 24.1. The van der Waals surface area contributed by atoms with Gasteiger partial charge < -0.3 is 23.7 Å². The Labute approximate surface area is 247 Å². The SMILES string of the molecule is CO[C@H]1O[C@H](COCCCCCN2C(=O)c3ccccc3C2=O)C[C@H](OCc2ccccc2)[C@H]1OCc1ccccc1. The van der Waals surface area contributed by atoms with Gasteiger partial charge in [0.15, 0.2) is 6.29 Å². The normalized spacial score (nSPS) is 22.0. The van der Waals surface area contributed by atoms with E-state index in [2.05, 4.69) is 0 Å². The highest BCUT2D eigenvalue weighted by atomic mass is 16.7. The van der Waals surface area contributed by atoms with E-state index in [4.69, 9.17) is 23.7 Å². The molecule has 0 aliphatic carbocycles. The number of amides is 2. The van der Waals surface area contributed by atoms with E-state index in [1.54, 1.807) is 31.4 Å². The minimum atomic E-state index is -0.587. The van der Waals surface area contributed by atoms with Gasteiger partial charge in [0.05, 0.1) is 43.2 Å². The molecule has 2 amide bonds. The van der Waals surface area contributed by atoms with Gasteiger partial charge in [-0.05, 0) is 42.5 Å². The summed E-state index contributed by atoms with van der Waals surface area (Å²) < 4.78 is 30.6. The highest BCUT2D eigenvalue weighted by Crippen LogP contribution is 2.28. The van der Waals surface area contributed by atoms with Crippen LogP contribution >= 0.6 is 0 Å². The number of imide groups is 1. The lowest BCUT2D eigenvalue weighted by Crippen LogP contribution is -2.52. The molecule has 4 atom stereocenters. The minimum absolute atomic E-state index is 0.203. The summed E-state index contributed by atoms with van der Waals surface area (Å²) in [7, 11) is 1.62. The molecule has 3 aromatic rings. The van der Waals surface area contributed by atoms with Crippen LogP contribution in [-0.4, -0.2) is 68.2 Å². The van der Waals surface area contributed by atoms with Crippen molar-refractivity contribution in [3.05, 3.63) is 107 Å². The van der Waals surface area contributed by atoms with Gasteiger partial charge in [-0.25, -0.2) is 0 Å². The zero-order valence-corrected chi connectivity index (χ0v) is 24.1. The van der Waals surface area contributed by atoms with Crippen LogP contribution in [0.2, 0.25) is 0 Å². The number of fused-ring (bicyclic) bond motifs is 1. The molecule has 3 aromatic carbocycles. The topological polar surface area (TPSA) is 83.5 Å². The number of carbonyl (C=O) groups is 2. The first-order chi connectivity index (χ1) is 20.6. The molecule has 8 heteroatoms. The van der Waals surface area contributed by atoms with E-state index in [0.29, 0.717) is 50.5 Å². The van der Waals surface area contributed by atoms with Crippen molar-refractivity contribution in [2.24, 2.45) is 0 Å². The minimum Gasteiger partial charge on any atom is -0.379 e. The van der Waals surface area contributed by atoms with Crippen LogP contribution in [0, 0.1) is 0 Å². The van der Waals surface area contributed by atoms with Gasteiger partial charge >= 0.3 is 0 Å². The van der Waals surface area contributed by atoms with Crippen LogP contribution in [0.4, 0.5) is 0 Å². The van der Waals surface area contributed by atoms with Gasteiger partial charge in [0, 0.05) is 26.7 Å². The van der Waals surface area contributed by atoms with Gasteiger partial charge in [-0.2, -0.15) is 0 Å². The lowest BCUT2D eigenvalue weighted by Gasteiger charge is -2.40. The molecule has 0 N–H and O–H groups in total. The van der Waals surface area contributed by atoms with E-state index in [1.807, 2.05) is 60.7 Å². The average molecular weight is 574 g/mol. The number of hydrogen-bond acceptors (Lipinski definition) is 7. The number of hydrogen-bond donors (Lipinski definition) is 0. The summed E-state index contributed by atoms with van der Waals surface area (Å²) in [6, 6.07) is 27.1. The first kappa shape index (κ1) is 30.1. The summed E-state index contributed by atoms with van der Waals surface area (Å²) in [5.41, 5.74) is 3.15. The maximum Gasteiger partial charge on any atom is 0.261 e. The first-order valence-electron chi connectivity index (χ1n) is 14.7. The summed E-state index contributed by atoms with van der Waals surface area (Å²) in [4.78, 5) is 26.4. The molecule has 2 aliphatic heterocycles. The second kappa shape index (κ2) is 15.2. The molecule has 0 radical (unpaired) electrons. The molecule has 8 nitrogen and oxygen atoms in total. The van der Waals surface area contributed by atoms with E-state index in [-0.39, 0.29) is 24.0 Å². The van der Waals surface area contributed by atoms with Gasteiger partial charge in [0.25, 0.3) is 11.8 Å². The number of ether oxygens (including phenoxy) is 5. The lowest BCUT2D eigenvalue weighted by molar-refractivity contribution is -0.285. The van der Waals surface area contributed by atoms with Crippen LogP contribution < -0.4 is 0 Å². The Balaban J connectivity index is 1.07. The maximum absolute atomic E-state index is 12.5. The van der Waals surface area contributed by atoms with Gasteiger partial charge in [-0.3, -0.25) is 14.5 Å². The molecule has 0 aromatic heterocycles. The van der Waals surface area contributed by atoms with Crippen molar-refractivity contribution < 1.29 is 33.3 Å². The van der Waals surface area contributed by atoms with Crippen LogP contribution in [0.5, 0.6) is 0 Å². The number of benzene rings is 3. The molecule has 2 aliphatic rings. The standard InChI is InChI=1S/C34H39NO7/c1-38-34-31(41-23-26-15-7-3-8-16-26)30(40-22-25-13-5-2-6-14-25)21-27(42-34)24-39-20-12-4-11-19-35-32(36)28-17-9-10-18-29(28)33(35)37/h2-3,5-10,13-18,27,30-31,34H,4,11-12,19-24H2,1H3/t27-,30-,31+,34-/m0/s1. The Hall–Kier alpha value is -3.40. The van der Waals surface area contributed by atoms with Crippen molar-refractivity contribution in [1.29, 1.82) is 0 Å². The van der Waals surface area contributed by atoms with E-state index in [0.717, 1.165) is 30.4 Å². The van der Waals surface area contributed by atoms with Crippen LogP contribution in [0.25, 0.3) is 0 Å². The number of nitrogens with zero attached hydrogens (tertiary/aromatic N) is 1. The summed E-state index contributed by atoms with van der Waals surface area (Å²) in [5, 5.41) is 0. The summed E-state index contributed by atoms with van der Waals surface area (Å²) in [6.07, 6.45) is 1.60. The van der Waals surface area contributed by atoms with Gasteiger partial charge in [0.2, 0.25) is 0 Å². The Kier molecular flexibility index (Phi) is 10.9. The predicted octanol–water partition coefficient (Wildman–Crippen LogP) is 5.40. The Morgan fingerprint density at radius 2 is 1.36 bits per heavy atom. The quantitative estimate of drug-likeness (QED) is 0.178. The fourth-order valence-electron chi connectivity index (χ4n) is 5.39. The van der Waals surface area contributed by atoms with Gasteiger partial charge in [-0.15, -0.1) is 0 Å². The highest BCUT2D eigenvalue weighted by Gasteiger charge is 2.41. The number of rotatable bonds is 15. The van der Waals surface area contributed by atoms with Crippen molar-refractivity contribution in [3.8, 4) is 0 Å². The van der Waals surface area contributed by atoms with Gasteiger partial charge in [0.1, 0.15) is 6.10 Å². The van der Waals surface area contributed by atoms with E-state index in [1.165, 1.54) is 4.90 Å². The Morgan fingerprint density at radius 1 is 0.762 bits per heavy atom. The largest absolute Gasteiger partial charge is 0.379 e. The van der Waals surface area contributed by atoms with Crippen LogP contribution in [0.3, 0.4) is 0 Å².